The van der Waals surface area contributed by atoms with Crippen LogP contribution in [0.2, 0.25) is 0 Å². The van der Waals surface area contributed by atoms with Crippen LogP contribution in [0.15, 0.2) is 57.0 Å². The second kappa shape index (κ2) is 5.49. The number of phenolic OH excluding ortho intramolecular Hbond substituents is 2. The van der Waals surface area contributed by atoms with Gasteiger partial charge in [-0.15, -0.1) is 10.2 Å². The van der Waals surface area contributed by atoms with Gasteiger partial charge < -0.3 is 14.6 Å². The third-order valence-corrected chi connectivity index (χ3v) is 3.70. The quantitative estimate of drug-likeness (QED) is 0.719. The van der Waals surface area contributed by atoms with E-state index in [1.807, 2.05) is 30.3 Å². The molecule has 0 bridgehead atoms. The monoisotopic (exact) mass is 300 g/mol. The molecule has 3 rings (SSSR count). The molecule has 2 N–H and O–H groups in total. The van der Waals surface area contributed by atoms with Crippen LogP contribution < -0.4 is 0 Å². The first-order valence-corrected chi connectivity index (χ1v) is 7.04. The van der Waals surface area contributed by atoms with Crippen LogP contribution in [0.4, 0.5) is 0 Å². The lowest BCUT2D eigenvalue weighted by Crippen LogP contribution is -1.79. The highest BCUT2D eigenvalue weighted by Crippen LogP contribution is 2.36. The van der Waals surface area contributed by atoms with E-state index in [1.165, 1.54) is 17.8 Å². The van der Waals surface area contributed by atoms with Crippen molar-refractivity contribution in [3.63, 3.8) is 0 Å². The van der Waals surface area contributed by atoms with E-state index in [0.29, 0.717) is 21.6 Å². The number of aromatic hydroxyl groups is 2. The van der Waals surface area contributed by atoms with Crippen LogP contribution >= 0.6 is 11.8 Å². The van der Waals surface area contributed by atoms with Crippen LogP contribution in [0.3, 0.4) is 0 Å². The van der Waals surface area contributed by atoms with E-state index in [-0.39, 0.29) is 11.5 Å². The van der Waals surface area contributed by atoms with E-state index in [1.54, 1.807) is 13.0 Å². The Morgan fingerprint density at radius 3 is 2.52 bits per heavy atom. The van der Waals surface area contributed by atoms with Gasteiger partial charge in [0.1, 0.15) is 0 Å². The second-order valence-corrected chi connectivity index (χ2v) is 5.47. The Kier molecular flexibility index (Phi) is 3.53. The van der Waals surface area contributed by atoms with Gasteiger partial charge in [-0.25, -0.2) is 0 Å². The molecule has 6 heteroatoms. The number of aryl methyl sites for hydroxylation is 1. The molecular formula is C15H12N2O3S. The van der Waals surface area contributed by atoms with E-state index in [0.717, 1.165) is 5.56 Å². The van der Waals surface area contributed by atoms with Gasteiger partial charge in [0.25, 0.3) is 5.22 Å². The Morgan fingerprint density at radius 1 is 1.05 bits per heavy atom. The van der Waals surface area contributed by atoms with E-state index in [4.69, 9.17) is 4.42 Å². The summed E-state index contributed by atoms with van der Waals surface area (Å²) >= 11 is 1.23. The highest BCUT2D eigenvalue weighted by molar-refractivity contribution is 7.99. The number of rotatable bonds is 3. The van der Waals surface area contributed by atoms with Gasteiger partial charge in [-0.2, -0.15) is 0 Å². The van der Waals surface area contributed by atoms with Crippen LogP contribution in [-0.4, -0.2) is 20.4 Å². The number of phenols is 2. The van der Waals surface area contributed by atoms with Crippen molar-refractivity contribution in [2.75, 3.05) is 0 Å². The molecule has 2 aromatic carbocycles. The Labute approximate surface area is 125 Å². The van der Waals surface area contributed by atoms with Crippen molar-refractivity contribution in [3.05, 3.63) is 48.0 Å². The molecule has 0 amide bonds. The van der Waals surface area contributed by atoms with E-state index in [9.17, 15) is 10.2 Å². The third kappa shape index (κ3) is 2.85. The summed E-state index contributed by atoms with van der Waals surface area (Å²) < 4.78 is 5.58. The molecule has 0 aliphatic rings. The average molecular weight is 300 g/mol. The summed E-state index contributed by atoms with van der Waals surface area (Å²) in [6, 6.07) is 12.7. The highest BCUT2D eigenvalue weighted by Gasteiger charge is 2.12. The summed E-state index contributed by atoms with van der Waals surface area (Å²) in [5.74, 6) is 0.160. The van der Waals surface area contributed by atoms with Crippen LogP contribution in [0.1, 0.15) is 5.56 Å². The lowest BCUT2D eigenvalue weighted by molar-refractivity contribution is 0.399. The van der Waals surface area contributed by atoms with Crippen LogP contribution in [0, 0.1) is 6.92 Å². The second-order valence-electron chi connectivity index (χ2n) is 4.45. The van der Waals surface area contributed by atoms with E-state index in [2.05, 4.69) is 10.2 Å². The summed E-state index contributed by atoms with van der Waals surface area (Å²) in [6.45, 7) is 1.71. The van der Waals surface area contributed by atoms with Crippen LogP contribution in [-0.2, 0) is 0 Å². The van der Waals surface area contributed by atoms with Gasteiger partial charge in [-0.05, 0) is 48.5 Å². The fourth-order valence-corrected chi connectivity index (χ4v) is 2.65. The van der Waals surface area contributed by atoms with Crippen molar-refractivity contribution in [2.45, 2.75) is 17.0 Å². The molecular weight excluding hydrogens is 288 g/mol. The standard InChI is InChI=1S/C15H12N2O3S/c1-9-7-11(8-12(18)13(9)19)21-15-17-16-14(20-15)10-5-3-2-4-6-10/h2-8,18-19H,1H3. The van der Waals surface area contributed by atoms with Crippen molar-refractivity contribution < 1.29 is 14.6 Å². The smallest absolute Gasteiger partial charge is 0.281 e. The number of aromatic nitrogens is 2. The molecule has 0 fully saturated rings. The highest BCUT2D eigenvalue weighted by atomic mass is 32.2. The minimum atomic E-state index is -0.166. The molecule has 5 nitrogen and oxygen atoms in total. The zero-order valence-electron chi connectivity index (χ0n) is 11.1. The zero-order valence-corrected chi connectivity index (χ0v) is 12.0. The first-order chi connectivity index (χ1) is 10.1. The normalized spacial score (nSPS) is 10.7. The summed E-state index contributed by atoms with van der Waals surface area (Å²) in [5, 5.41) is 27.5. The third-order valence-electron chi connectivity index (χ3n) is 2.89. The maximum Gasteiger partial charge on any atom is 0.281 e. The topological polar surface area (TPSA) is 79.4 Å². The number of benzene rings is 2. The zero-order chi connectivity index (χ0) is 14.8. The molecule has 0 saturated carbocycles. The van der Waals surface area contributed by atoms with Gasteiger partial charge in [-0.3, -0.25) is 0 Å². The van der Waals surface area contributed by atoms with Gasteiger partial charge >= 0.3 is 0 Å². The summed E-state index contributed by atoms with van der Waals surface area (Å²) in [7, 11) is 0. The molecule has 1 aromatic heterocycles. The van der Waals surface area contributed by atoms with E-state index < -0.39 is 0 Å². The van der Waals surface area contributed by atoms with Crippen LogP contribution in [0.25, 0.3) is 11.5 Å². The van der Waals surface area contributed by atoms with Gasteiger partial charge in [0.15, 0.2) is 11.5 Å². The molecule has 21 heavy (non-hydrogen) atoms. The molecule has 0 spiro atoms. The average Bonchev–Trinajstić information content (AvgIpc) is 2.94. The molecule has 0 unspecified atom stereocenters. The SMILES string of the molecule is Cc1cc(Sc2nnc(-c3ccccc3)o2)cc(O)c1O. The molecule has 0 aliphatic carbocycles. The Balaban J connectivity index is 1.85. The summed E-state index contributed by atoms with van der Waals surface area (Å²) in [5.41, 5.74) is 1.43. The van der Waals surface area contributed by atoms with Gasteiger partial charge in [0, 0.05) is 10.5 Å². The van der Waals surface area contributed by atoms with Gasteiger partial charge in [0.05, 0.1) is 0 Å². The lowest BCUT2D eigenvalue weighted by atomic mass is 10.2. The number of nitrogens with zero attached hydrogens (tertiary/aromatic N) is 2. The molecule has 106 valence electrons. The van der Waals surface area contributed by atoms with Crippen molar-refractivity contribution in [1.82, 2.24) is 10.2 Å². The minimum absolute atomic E-state index is 0.116. The fourth-order valence-electron chi connectivity index (χ4n) is 1.84. The fraction of sp³-hybridized carbons (Fsp3) is 0.0667. The van der Waals surface area contributed by atoms with Crippen molar-refractivity contribution in [3.8, 4) is 23.0 Å². The maximum absolute atomic E-state index is 9.61. The largest absolute Gasteiger partial charge is 0.504 e. The maximum atomic E-state index is 9.61. The predicted molar refractivity (Wildman–Crippen MR) is 78.4 cm³/mol. The number of hydrogen-bond donors (Lipinski definition) is 2. The Hall–Kier alpha value is -2.47. The number of hydrogen-bond acceptors (Lipinski definition) is 6. The molecule has 1 heterocycles. The summed E-state index contributed by atoms with van der Waals surface area (Å²) in [6.07, 6.45) is 0. The first-order valence-electron chi connectivity index (χ1n) is 6.23. The predicted octanol–water partition coefficient (Wildman–Crippen LogP) is 3.61. The molecule has 0 aliphatic heterocycles. The van der Waals surface area contributed by atoms with Crippen LogP contribution in [0.5, 0.6) is 11.5 Å². The van der Waals surface area contributed by atoms with Crippen molar-refractivity contribution in [1.29, 1.82) is 0 Å². The van der Waals surface area contributed by atoms with E-state index >= 15 is 0 Å². The molecule has 0 atom stereocenters. The molecule has 0 saturated heterocycles. The van der Waals surface area contributed by atoms with Crippen molar-refractivity contribution in [2.24, 2.45) is 0 Å². The lowest BCUT2D eigenvalue weighted by Gasteiger charge is -2.04. The van der Waals surface area contributed by atoms with Gasteiger partial charge in [-0.1, -0.05) is 18.2 Å². The summed E-state index contributed by atoms with van der Waals surface area (Å²) in [4.78, 5) is 0.714. The molecule has 0 radical (unpaired) electrons. The van der Waals surface area contributed by atoms with Gasteiger partial charge in [0.2, 0.25) is 5.89 Å². The Bertz CT molecular complexity index is 749. The molecule has 3 aromatic rings. The van der Waals surface area contributed by atoms with Crippen molar-refractivity contribution >= 4 is 11.8 Å². The minimum Gasteiger partial charge on any atom is -0.504 e. The first kappa shape index (κ1) is 13.5. The Morgan fingerprint density at radius 2 is 1.81 bits per heavy atom.